The third-order valence-electron chi connectivity index (χ3n) is 8.54. The number of carbonyl (C=O) groups is 1. The van der Waals surface area contributed by atoms with E-state index in [2.05, 4.69) is 60.5 Å². The maximum Gasteiger partial charge on any atom is 0.337 e. The van der Waals surface area contributed by atoms with E-state index < -0.39 is 5.97 Å². The third-order valence-corrected chi connectivity index (χ3v) is 8.54. The van der Waals surface area contributed by atoms with E-state index in [1.54, 1.807) is 0 Å². The topological polar surface area (TPSA) is 45.0 Å². The van der Waals surface area contributed by atoms with Gasteiger partial charge in [0.1, 0.15) is 0 Å². The predicted molar refractivity (Wildman–Crippen MR) is 150 cm³/mol. The first-order valence-corrected chi connectivity index (χ1v) is 14.3. The number of pyridine rings is 1. The van der Waals surface area contributed by atoms with Gasteiger partial charge in [-0.05, 0) is 86.1 Å². The Bertz CT molecular complexity index is 1330. The summed E-state index contributed by atoms with van der Waals surface area (Å²) in [7, 11) is 0. The van der Waals surface area contributed by atoms with Crippen molar-refractivity contribution < 1.29 is 9.90 Å². The Morgan fingerprint density at radius 2 is 1.89 bits per heavy atom. The molecular formula is C32H42N2O2. The van der Waals surface area contributed by atoms with Crippen LogP contribution < -0.4 is 10.6 Å². The van der Waals surface area contributed by atoms with Gasteiger partial charge in [0, 0.05) is 29.7 Å². The van der Waals surface area contributed by atoms with Crippen LogP contribution in [0.2, 0.25) is 0 Å². The number of nitrogens with zero attached hydrogens (tertiary/aromatic N) is 2. The molecule has 1 aliphatic heterocycles. The van der Waals surface area contributed by atoms with Gasteiger partial charge in [-0.25, -0.2) is 4.79 Å². The minimum absolute atomic E-state index is 0.440. The zero-order valence-corrected chi connectivity index (χ0v) is 22.4. The Hall–Kier alpha value is -2.75. The summed E-state index contributed by atoms with van der Waals surface area (Å²) in [6, 6.07) is 2.00. The van der Waals surface area contributed by atoms with E-state index in [-0.39, 0.29) is 0 Å². The standard InChI is InChI=1S/C32H42N2O2/c1-4-24-25-13-7-8-14-29(25)34-30-18-16-23(3)15-17-28(26(30)21-27(31(24)34)32(35)36)33-19-9-5-6-11-22(2)12-10-20-33/h8,14-15,17-18,21-23H,4-7,9-13,16,19-20H2,1-3H3,(H,35,36). The van der Waals surface area contributed by atoms with Crippen LogP contribution >= 0.6 is 0 Å². The Kier molecular flexibility index (Phi) is 7.41. The van der Waals surface area contributed by atoms with Crippen molar-refractivity contribution in [3.63, 3.8) is 0 Å². The molecule has 1 saturated heterocycles. The van der Waals surface area contributed by atoms with Crippen LogP contribution in [-0.2, 0) is 12.8 Å². The molecule has 1 fully saturated rings. The van der Waals surface area contributed by atoms with Crippen molar-refractivity contribution in [3.8, 4) is 0 Å². The van der Waals surface area contributed by atoms with Gasteiger partial charge in [-0.15, -0.1) is 0 Å². The summed E-state index contributed by atoms with van der Waals surface area (Å²) in [5, 5.41) is 12.7. The Morgan fingerprint density at radius 3 is 2.69 bits per heavy atom. The van der Waals surface area contributed by atoms with E-state index >= 15 is 0 Å². The summed E-state index contributed by atoms with van der Waals surface area (Å²) < 4.78 is 2.30. The molecule has 0 aromatic carbocycles. The molecule has 2 aliphatic carbocycles. The average molecular weight is 487 g/mol. The van der Waals surface area contributed by atoms with Gasteiger partial charge >= 0.3 is 5.97 Å². The summed E-state index contributed by atoms with van der Waals surface area (Å²) in [4.78, 5) is 15.3. The van der Waals surface area contributed by atoms with Crippen LogP contribution in [0.4, 0.5) is 0 Å². The maximum absolute atomic E-state index is 12.7. The first kappa shape index (κ1) is 24.9. The first-order valence-electron chi connectivity index (χ1n) is 14.3. The SMILES string of the molecule is CCc1c2c(n3c4c(cc(C(=O)O)c13)=C(N1CCCCCC(C)CCC1)C=CC(C)CC=4)C=CCC2. The van der Waals surface area contributed by atoms with Crippen LogP contribution in [-0.4, -0.2) is 33.5 Å². The molecule has 4 heteroatoms. The third kappa shape index (κ3) is 4.67. The maximum atomic E-state index is 12.7. The molecule has 3 heterocycles. The number of aromatic nitrogens is 1. The van der Waals surface area contributed by atoms with Crippen molar-refractivity contribution in [3.05, 3.63) is 57.2 Å². The molecule has 2 atom stereocenters. The van der Waals surface area contributed by atoms with Crippen molar-refractivity contribution in [1.82, 2.24) is 9.30 Å². The summed E-state index contributed by atoms with van der Waals surface area (Å²) in [5.41, 5.74) is 6.28. The molecular weight excluding hydrogens is 444 g/mol. The van der Waals surface area contributed by atoms with Crippen LogP contribution in [0.25, 0.3) is 23.4 Å². The summed E-state index contributed by atoms with van der Waals surface area (Å²) in [6.45, 7) is 8.90. The molecule has 2 aromatic heterocycles. The summed E-state index contributed by atoms with van der Waals surface area (Å²) >= 11 is 0. The number of carboxylic acid groups (broad SMARTS) is 1. The van der Waals surface area contributed by atoms with Crippen molar-refractivity contribution in [2.45, 2.75) is 85.0 Å². The monoisotopic (exact) mass is 486 g/mol. The van der Waals surface area contributed by atoms with E-state index in [0.29, 0.717) is 11.5 Å². The summed E-state index contributed by atoms with van der Waals surface area (Å²) in [6.07, 6.45) is 22.8. The lowest BCUT2D eigenvalue weighted by molar-refractivity contribution is 0.0698. The second kappa shape index (κ2) is 10.7. The number of aryl methyl sites for hydroxylation is 1. The molecule has 0 spiro atoms. The Labute approximate surface area is 215 Å². The van der Waals surface area contributed by atoms with E-state index in [1.807, 2.05) is 6.07 Å². The molecule has 192 valence electrons. The van der Waals surface area contributed by atoms with Crippen LogP contribution in [0, 0.1) is 11.8 Å². The fourth-order valence-corrected chi connectivity index (χ4v) is 6.55. The smallest absolute Gasteiger partial charge is 0.337 e. The minimum atomic E-state index is -0.829. The highest BCUT2D eigenvalue weighted by atomic mass is 16.4. The van der Waals surface area contributed by atoms with E-state index in [0.717, 1.165) is 55.4 Å². The van der Waals surface area contributed by atoms with Gasteiger partial charge in [0.05, 0.1) is 16.4 Å². The molecule has 0 radical (unpaired) electrons. The number of carboxylic acids is 1. The lowest BCUT2D eigenvalue weighted by Crippen LogP contribution is -2.40. The van der Waals surface area contributed by atoms with E-state index in [1.165, 1.54) is 66.4 Å². The number of hydrogen-bond acceptors (Lipinski definition) is 2. The van der Waals surface area contributed by atoms with Gasteiger partial charge in [0.2, 0.25) is 0 Å². The zero-order valence-electron chi connectivity index (χ0n) is 22.4. The van der Waals surface area contributed by atoms with Crippen molar-refractivity contribution in [1.29, 1.82) is 0 Å². The number of aromatic carboxylic acids is 1. The summed E-state index contributed by atoms with van der Waals surface area (Å²) in [5.74, 6) is 0.396. The van der Waals surface area contributed by atoms with Crippen LogP contribution in [0.15, 0.2) is 24.3 Å². The predicted octanol–water partition coefficient (Wildman–Crippen LogP) is 5.94. The van der Waals surface area contributed by atoms with Crippen LogP contribution in [0.1, 0.15) is 99.3 Å². The molecule has 0 amide bonds. The van der Waals surface area contributed by atoms with Gasteiger partial charge in [0.15, 0.2) is 0 Å². The average Bonchev–Trinajstić information content (AvgIpc) is 3.20. The highest BCUT2D eigenvalue weighted by Gasteiger charge is 2.24. The first-order chi connectivity index (χ1) is 17.5. The number of hydrogen-bond donors (Lipinski definition) is 1. The Balaban J connectivity index is 1.83. The fourth-order valence-electron chi connectivity index (χ4n) is 6.55. The largest absolute Gasteiger partial charge is 0.478 e. The normalized spacial score (nSPS) is 23.0. The van der Waals surface area contributed by atoms with Gasteiger partial charge in [-0.1, -0.05) is 58.3 Å². The number of fused-ring (bicyclic) bond motifs is 5. The second-order valence-corrected chi connectivity index (χ2v) is 11.2. The molecule has 36 heavy (non-hydrogen) atoms. The van der Waals surface area contributed by atoms with Gasteiger partial charge in [-0.3, -0.25) is 0 Å². The van der Waals surface area contributed by atoms with Crippen molar-refractivity contribution >= 4 is 29.3 Å². The quantitative estimate of drug-likeness (QED) is 0.584. The molecule has 5 rings (SSSR count). The van der Waals surface area contributed by atoms with Gasteiger partial charge in [0.25, 0.3) is 0 Å². The van der Waals surface area contributed by atoms with Crippen molar-refractivity contribution in [2.75, 3.05) is 13.1 Å². The van der Waals surface area contributed by atoms with Crippen LogP contribution in [0.3, 0.4) is 0 Å². The lowest BCUT2D eigenvalue weighted by Gasteiger charge is -2.29. The molecule has 1 N–H and O–H groups in total. The molecule has 2 unspecified atom stereocenters. The molecule has 4 nitrogen and oxygen atoms in total. The van der Waals surface area contributed by atoms with E-state index in [9.17, 15) is 9.90 Å². The minimum Gasteiger partial charge on any atom is -0.478 e. The lowest BCUT2D eigenvalue weighted by atomic mass is 9.96. The number of allylic oxidation sites excluding steroid dienone is 2. The van der Waals surface area contributed by atoms with Crippen molar-refractivity contribution in [2.24, 2.45) is 11.8 Å². The number of rotatable bonds is 3. The fraction of sp³-hybridized carbons (Fsp3) is 0.531. The highest BCUT2D eigenvalue weighted by Crippen LogP contribution is 2.31. The second-order valence-electron chi connectivity index (χ2n) is 11.2. The molecule has 0 saturated carbocycles. The van der Waals surface area contributed by atoms with Gasteiger partial charge < -0.3 is 14.4 Å². The van der Waals surface area contributed by atoms with E-state index in [4.69, 9.17) is 0 Å². The Morgan fingerprint density at radius 1 is 1.08 bits per heavy atom. The molecule has 2 aromatic rings. The van der Waals surface area contributed by atoms with Crippen LogP contribution in [0.5, 0.6) is 0 Å². The molecule has 0 bridgehead atoms. The van der Waals surface area contributed by atoms with Gasteiger partial charge in [-0.2, -0.15) is 0 Å². The highest BCUT2D eigenvalue weighted by molar-refractivity contribution is 5.98. The zero-order chi connectivity index (χ0) is 25.2. The molecule has 3 aliphatic rings.